The Labute approximate surface area is 130 Å². The van der Waals surface area contributed by atoms with Crippen LogP contribution in [0.2, 0.25) is 0 Å². The highest BCUT2D eigenvalue weighted by Gasteiger charge is 2.03. The van der Waals surface area contributed by atoms with Crippen LogP contribution < -0.4 is 5.32 Å². The molecule has 0 radical (unpaired) electrons. The molecule has 2 aromatic carbocycles. The van der Waals surface area contributed by atoms with E-state index in [1.165, 1.54) is 30.4 Å². The maximum absolute atomic E-state index is 3.59. The third-order valence-electron chi connectivity index (χ3n) is 3.56. The van der Waals surface area contributed by atoms with Crippen LogP contribution in [0.5, 0.6) is 0 Å². The Kier molecular flexibility index (Phi) is 6.28. The molecule has 2 aromatic rings. The molecule has 106 valence electrons. The molecule has 20 heavy (non-hydrogen) atoms. The summed E-state index contributed by atoms with van der Waals surface area (Å²) in [4.78, 5) is 0. The summed E-state index contributed by atoms with van der Waals surface area (Å²) in [6.07, 6.45) is 3.63. The van der Waals surface area contributed by atoms with Gasteiger partial charge >= 0.3 is 0 Å². The third kappa shape index (κ3) is 5.10. The summed E-state index contributed by atoms with van der Waals surface area (Å²) in [6.45, 7) is 3.30. The van der Waals surface area contributed by atoms with Gasteiger partial charge in [0.2, 0.25) is 0 Å². The Morgan fingerprint density at radius 2 is 1.65 bits per heavy atom. The van der Waals surface area contributed by atoms with Crippen molar-refractivity contribution in [3.8, 4) is 0 Å². The average Bonchev–Trinajstić information content (AvgIpc) is 2.48. The lowest BCUT2D eigenvalue weighted by Crippen LogP contribution is -2.19. The zero-order valence-corrected chi connectivity index (χ0v) is 13.6. The fourth-order valence-electron chi connectivity index (χ4n) is 2.29. The van der Waals surface area contributed by atoms with Gasteiger partial charge in [0, 0.05) is 10.5 Å². The molecule has 0 aliphatic carbocycles. The van der Waals surface area contributed by atoms with Crippen molar-refractivity contribution in [1.29, 1.82) is 0 Å². The van der Waals surface area contributed by atoms with Crippen molar-refractivity contribution in [3.05, 3.63) is 70.2 Å². The molecule has 0 heterocycles. The van der Waals surface area contributed by atoms with Crippen LogP contribution in [0.4, 0.5) is 0 Å². The average molecular weight is 332 g/mol. The molecule has 0 aliphatic heterocycles. The van der Waals surface area contributed by atoms with Crippen LogP contribution in [0.3, 0.4) is 0 Å². The number of hydrogen-bond acceptors (Lipinski definition) is 1. The Morgan fingerprint density at radius 3 is 2.35 bits per heavy atom. The molecule has 0 amide bonds. The van der Waals surface area contributed by atoms with E-state index < -0.39 is 0 Å². The van der Waals surface area contributed by atoms with Crippen LogP contribution in [-0.4, -0.2) is 6.54 Å². The van der Waals surface area contributed by atoms with E-state index in [1.54, 1.807) is 0 Å². The molecule has 1 atom stereocenters. The minimum absolute atomic E-state index is 0.417. The van der Waals surface area contributed by atoms with E-state index in [0.717, 1.165) is 11.0 Å². The fourth-order valence-corrected chi connectivity index (χ4v) is 2.55. The van der Waals surface area contributed by atoms with Crippen molar-refractivity contribution in [2.24, 2.45) is 0 Å². The summed E-state index contributed by atoms with van der Waals surface area (Å²) in [7, 11) is 0. The van der Waals surface area contributed by atoms with Crippen molar-refractivity contribution in [2.75, 3.05) is 6.54 Å². The summed E-state index contributed by atoms with van der Waals surface area (Å²) in [5.74, 6) is 0. The zero-order valence-electron chi connectivity index (χ0n) is 12.0. The number of halogens is 1. The molecular formula is C18H22BrN. The lowest BCUT2D eigenvalue weighted by Gasteiger charge is -2.14. The normalized spacial score (nSPS) is 12.3. The van der Waals surface area contributed by atoms with Gasteiger partial charge in [0.1, 0.15) is 0 Å². The van der Waals surface area contributed by atoms with E-state index in [2.05, 4.69) is 82.8 Å². The molecule has 0 bridgehead atoms. The van der Waals surface area contributed by atoms with E-state index in [0.29, 0.717) is 6.04 Å². The minimum atomic E-state index is 0.417. The SMILES string of the molecule is C[C@H](NCCCCc1ccccc1)c1ccc(Br)cc1. The quantitative estimate of drug-likeness (QED) is 0.694. The highest BCUT2D eigenvalue weighted by molar-refractivity contribution is 9.10. The highest BCUT2D eigenvalue weighted by Crippen LogP contribution is 2.16. The molecule has 0 unspecified atom stereocenters. The molecule has 1 nitrogen and oxygen atoms in total. The van der Waals surface area contributed by atoms with Crippen LogP contribution in [0.1, 0.15) is 36.9 Å². The monoisotopic (exact) mass is 331 g/mol. The Bertz CT molecular complexity index is 493. The standard InChI is InChI=1S/C18H22BrN/c1-15(17-10-12-18(19)13-11-17)20-14-6-5-9-16-7-3-2-4-8-16/h2-4,7-8,10-13,15,20H,5-6,9,14H2,1H3/t15-/m0/s1. The number of aryl methyl sites for hydroxylation is 1. The summed E-state index contributed by atoms with van der Waals surface area (Å²) < 4.78 is 1.14. The van der Waals surface area contributed by atoms with Crippen LogP contribution >= 0.6 is 15.9 Å². The van der Waals surface area contributed by atoms with Gasteiger partial charge in [0.15, 0.2) is 0 Å². The molecular weight excluding hydrogens is 310 g/mol. The molecule has 2 heteroatoms. The Hall–Kier alpha value is -1.12. The van der Waals surface area contributed by atoms with Gasteiger partial charge in [-0.3, -0.25) is 0 Å². The molecule has 0 spiro atoms. The van der Waals surface area contributed by atoms with Crippen LogP contribution in [0.15, 0.2) is 59.1 Å². The molecule has 2 rings (SSSR count). The number of unbranched alkanes of at least 4 members (excludes halogenated alkanes) is 1. The first-order valence-corrected chi connectivity index (χ1v) is 8.08. The van der Waals surface area contributed by atoms with E-state index in [9.17, 15) is 0 Å². The maximum Gasteiger partial charge on any atom is 0.0291 e. The van der Waals surface area contributed by atoms with Crippen LogP contribution in [-0.2, 0) is 6.42 Å². The van der Waals surface area contributed by atoms with E-state index >= 15 is 0 Å². The third-order valence-corrected chi connectivity index (χ3v) is 4.08. The van der Waals surface area contributed by atoms with Gasteiger partial charge in [-0.15, -0.1) is 0 Å². The first-order valence-electron chi connectivity index (χ1n) is 7.28. The summed E-state index contributed by atoms with van der Waals surface area (Å²) in [5.41, 5.74) is 2.78. The summed E-state index contributed by atoms with van der Waals surface area (Å²) >= 11 is 3.47. The molecule has 0 saturated heterocycles. The van der Waals surface area contributed by atoms with Crippen molar-refractivity contribution in [2.45, 2.75) is 32.2 Å². The summed E-state index contributed by atoms with van der Waals surface area (Å²) in [5, 5.41) is 3.59. The van der Waals surface area contributed by atoms with Crippen molar-refractivity contribution < 1.29 is 0 Å². The predicted molar refractivity (Wildman–Crippen MR) is 89.9 cm³/mol. The van der Waals surface area contributed by atoms with Gasteiger partial charge in [0.25, 0.3) is 0 Å². The van der Waals surface area contributed by atoms with Crippen LogP contribution in [0, 0.1) is 0 Å². The minimum Gasteiger partial charge on any atom is -0.310 e. The molecule has 1 N–H and O–H groups in total. The highest BCUT2D eigenvalue weighted by atomic mass is 79.9. The topological polar surface area (TPSA) is 12.0 Å². The van der Waals surface area contributed by atoms with Crippen LogP contribution in [0.25, 0.3) is 0 Å². The zero-order chi connectivity index (χ0) is 14.2. The van der Waals surface area contributed by atoms with Gasteiger partial charge in [-0.2, -0.15) is 0 Å². The molecule has 0 aromatic heterocycles. The number of rotatable bonds is 7. The Balaban J connectivity index is 1.64. The van der Waals surface area contributed by atoms with Gasteiger partial charge in [-0.05, 0) is 56.0 Å². The van der Waals surface area contributed by atoms with Gasteiger partial charge < -0.3 is 5.32 Å². The summed E-state index contributed by atoms with van der Waals surface area (Å²) in [6, 6.07) is 19.7. The fraction of sp³-hybridized carbons (Fsp3) is 0.333. The maximum atomic E-state index is 3.59. The predicted octanol–water partition coefficient (Wildman–Crippen LogP) is 5.12. The molecule has 0 fully saturated rings. The number of hydrogen-bond donors (Lipinski definition) is 1. The second kappa shape index (κ2) is 8.23. The lowest BCUT2D eigenvalue weighted by molar-refractivity contribution is 0.546. The second-order valence-corrected chi connectivity index (χ2v) is 6.09. The number of nitrogens with one attached hydrogen (secondary N) is 1. The first kappa shape index (κ1) is 15.3. The van der Waals surface area contributed by atoms with E-state index in [4.69, 9.17) is 0 Å². The first-order chi connectivity index (χ1) is 9.75. The lowest BCUT2D eigenvalue weighted by atomic mass is 10.1. The van der Waals surface area contributed by atoms with Crippen molar-refractivity contribution in [1.82, 2.24) is 5.32 Å². The number of benzene rings is 2. The largest absolute Gasteiger partial charge is 0.310 e. The van der Waals surface area contributed by atoms with Gasteiger partial charge in [-0.1, -0.05) is 58.4 Å². The molecule has 0 saturated carbocycles. The smallest absolute Gasteiger partial charge is 0.0291 e. The second-order valence-electron chi connectivity index (χ2n) is 5.17. The van der Waals surface area contributed by atoms with Crippen molar-refractivity contribution in [3.63, 3.8) is 0 Å². The van der Waals surface area contributed by atoms with Gasteiger partial charge in [-0.25, -0.2) is 0 Å². The van der Waals surface area contributed by atoms with Gasteiger partial charge in [0.05, 0.1) is 0 Å². The van der Waals surface area contributed by atoms with E-state index in [-0.39, 0.29) is 0 Å². The Morgan fingerprint density at radius 1 is 0.950 bits per heavy atom. The van der Waals surface area contributed by atoms with E-state index in [1.807, 2.05) is 0 Å². The van der Waals surface area contributed by atoms with Crippen molar-refractivity contribution >= 4 is 15.9 Å². The molecule has 0 aliphatic rings.